The molecule has 5 nitrogen and oxygen atoms in total. The van der Waals surface area contributed by atoms with Crippen LogP contribution in [0.25, 0.3) is 0 Å². The van der Waals surface area contributed by atoms with Gasteiger partial charge >= 0.3 is 0 Å². The summed E-state index contributed by atoms with van der Waals surface area (Å²) < 4.78 is 1.27. The Kier molecular flexibility index (Phi) is 4.22. The highest BCUT2D eigenvalue weighted by Crippen LogP contribution is 2.21. The maximum Gasteiger partial charge on any atom is 0.267 e. The topological polar surface area (TPSA) is 64.0 Å². The van der Waals surface area contributed by atoms with Crippen molar-refractivity contribution in [3.63, 3.8) is 0 Å². The number of carbonyl (C=O) groups is 1. The molecule has 0 saturated heterocycles. The van der Waals surface area contributed by atoms with Crippen molar-refractivity contribution in [2.45, 2.75) is 39.2 Å². The van der Waals surface area contributed by atoms with Crippen molar-refractivity contribution in [1.82, 2.24) is 9.78 Å². The number of carbonyl (C=O) groups excluding carboxylic acids is 1. The number of halogens is 1. The normalized spacial score (nSPS) is 14.4. The van der Waals surface area contributed by atoms with Crippen LogP contribution in [0, 0.1) is 6.92 Å². The predicted molar refractivity (Wildman–Crippen MR) is 90.1 cm³/mol. The molecule has 0 spiro atoms. The van der Waals surface area contributed by atoms with E-state index in [9.17, 15) is 9.59 Å². The molecule has 120 valence electrons. The van der Waals surface area contributed by atoms with E-state index < -0.39 is 6.04 Å². The molecular formula is C17H18ClN3O2. The highest BCUT2D eigenvalue weighted by molar-refractivity contribution is 6.31. The summed E-state index contributed by atoms with van der Waals surface area (Å²) in [7, 11) is 0. The average molecular weight is 332 g/mol. The summed E-state index contributed by atoms with van der Waals surface area (Å²) in [5.74, 6) is -0.278. The zero-order valence-corrected chi connectivity index (χ0v) is 13.9. The van der Waals surface area contributed by atoms with Crippen molar-refractivity contribution in [3.8, 4) is 0 Å². The fraction of sp³-hybridized carbons (Fsp3) is 0.353. The number of rotatable bonds is 3. The second-order valence-electron chi connectivity index (χ2n) is 5.88. The van der Waals surface area contributed by atoms with Crippen LogP contribution in [-0.2, 0) is 17.6 Å². The van der Waals surface area contributed by atoms with Crippen molar-refractivity contribution in [2.75, 3.05) is 5.32 Å². The third-order valence-electron chi connectivity index (χ3n) is 4.15. The van der Waals surface area contributed by atoms with Gasteiger partial charge in [-0.25, -0.2) is 4.68 Å². The van der Waals surface area contributed by atoms with E-state index in [1.54, 1.807) is 31.2 Å². The molecule has 1 aliphatic rings. The van der Waals surface area contributed by atoms with Crippen molar-refractivity contribution in [1.29, 1.82) is 0 Å². The van der Waals surface area contributed by atoms with Gasteiger partial charge in [-0.05, 0) is 62.4 Å². The van der Waals surface area contributed by atoms with Crippen molar-refractivity contribution < 1.29 is 4.79 Å². The van der Waals surface area contributed by atoms with Gasteiger partial charge in [0.2, 0.25) is 5.91 Å². The van der Waals surface area contributed by atoms with Crippen LogP contribution in [0.4, 0.5) is 5.69 Å². The lowest BCUT2D eigenvalue weighted by atomic mass is 10.2. The number of nitrogens with one attached hydrogen (secondary N) is 1. The summed E-state index contributed by atoms with van der Waals surface area (Å²) in [6.45, 7) is 3.54. The highest BCUT2D eigenvalue weighted by atomic mass is 35.5. The second-order valence-corrected chi connectivity index (χ2v) is 6.29. The van der Waals surface area contributed by atoms with Crippen LogP contribution in [-0.4, -0.2) is 15.7 Å². The van der Waals surface area contributed by atoms with Gasteiger partial charge in [0.1, 0.15) is 6.04 Å². The molecule has 1 atom stereocenters. The number of anilines is 1. The van der Waals surface area contributed by atoms with E-state index in [1.165, 1.54) is 4.68 Å². The lowest BCUT2D eigenvalue weighted by Gasteiger charge is -2.15. The van der Waals surface area contributed by atoms with Crippen molar-refractivity contribution in [3.05, 3.63) is 56.5 Å². The van der Waals surface area contributed by atoms with Crippen molar-refractivity contribution in [2.24, 2.45) is 0 Å². The van der Waals surface area contributed by atoms with Gasteiger partial charge in [-0.15, -0.1) is 0 Å². The van der Waals surface area contributed by atoms with Gasteiger partial charge in [0.15, 0.2) is 0 Å². The van der Waals surface area contributed by atoms with Gasteiger partial charge < -0.3 is 5.32 Å². The molecule has 6 heteroatoms. The minimum Gasteiger partial charge on any atom is -0.324 e. The van der Waals surface area contributed by atoms with Crippen LogP contribution in [0.2, 0.25) is 5.02 Å². The Hall–Kier alpha value is -2.14. The first-order chi connectivity index (χ1) is 11.0. The van der Waals surface area contributed by atoms with E-state index >= 15 is 0 Å². The maximum absolute atomic E-state index is 12.4. The van der Waals surface area contributed by atoms with Crippen LogP contribution >= 0.6 is 11.6 Å². The molecule has 1 heterocycles. The molecule has 0 fully saturated rings. The molecular weight excluding hydrogens is 314 g/mol. The molecule has 1 amide bonds. The molecule has 3 rings (SSSR count). The Labute approximate surface area is 139 Å². The minimum absolute atomic E-state index is 0.236. The number of aromatic nitrogens is 2. The lowest BCUT2D eigenvalue weighted by molar-refractivity contribution is -0.119. The van der Waals surface area contributed by atoms with E-state index in [4.69, 9.17) is 11.6 Å². The first kappa shape index (κ1) is 15.7. The van der Waals surface area contributed by atoms with Crippen LogP contribution in [0.1, 0.15) is 36.2 Å². The first-order valence-electron chi connectivity index (χ1n) is 7.64. The maximum atomic E-state index is 12.4. The number of amides is 1. The van der Waals surface area contributed by atoms with E-state index in [1.807, 2.05) is 6.92 Å². The summed E-state index contributed by atoms with van der Waals surface area (Å²) in [6.07, 6.45) is 2.76. The largest absolute Gasteiger partial charge is 0.324 e. The lowest BCUT2D eigenvalue weighted by Crippen LogP contribution is -2.34. The predicted octanol–water partition coefficient (Wildman–Crippen LogP) is 2.89. The zero-order chi connectivity index (χ0) is 16.6. The number of hydrogen-bond donors (Lipinski definition) is 1. The van der Waals surface area contributed by atoms with Gasteiger partial charge in [0, 0.05) is 16.8 Å². The second kappa shape index (κ2) is 6.16. The quantitative estimate of drug-likeness (QED) is 0.940. The summed E-state index contributed by atoms with van der Waals surface area (Å²) in [6, 6.07) is 6.19. The summed E-state index contributed by atoms with van der Waals surface area (Å²) in [5, 5.41) is 7.82. The molecule has 0 saturated carbocycles. The summed E-state index contributed by atoms with van der Waals surface area (Å²) >= 11 is 5.98. The van der Waals surface area contributed by atoms with E-state index in [2.05, 4.69) is 10.4 Å². The summed E-state index contributed by atoms with van der Waals surface area (Å²) in [4.78, 5) is 24.6. The smallest absolute Gasteiger partial charge is 0.267 e. The number of aryl methyl sites for hydroxylation is 3. The van der Waals surface area contributed by atoms with Crippen LogP contribution in [0.5, 0.6) is 0 Å². The molecule has 1 unspecified atom stereocenters. The molecule has 1 aromatic heterocycles. The number of hydrogen-bond acceptors (Lipinski definition) is 3. The Morgan fingerprint density at radius 2 is 2.13 bits per heavy atom. The number of fused-ring (bicyclic) bond motifs is 1. The molecule has 0 aliphatic heterocycles. The van der Waals surface area contributed by atoms with Gasteiger partial charge in [-0.1, -0.05) is 11.6 Å². The van der Waals surface area contributed by atoms with Gasteiger partial charge in [0.05, 0.1) is 5.69 Å². The third-order valence-corrected chi connectivity index (χ3v) is 4.58. The fourth-order valence-corrected chi connectivity index (χ4v) is 2.89. The molecule has 0 radical (unpaired) electrons. The Morgan fingerprint density at radius 1 is 1.35 bits per heavy atom. The molecule has 1 aromatic carbocycles. The number of nitrogens with zero attached hydrogens (tertiary/aromatic N) is 2. The minimum atomic E-state index is -0.676. The van der Waals surface area contributed by atoms with E-state index in [-0.39, 0.29) is 11.5 Å². The monoisotopic (exact) mass is 331 g/mol. The van der Waals surface area contributed by atoms with Crippen LogP contribution in [0.3, 0.4) is 0 Å². The summed E-state index contributed by atoms with van der Waals surface area (Å²) in [5.41, 5.74) is 3.22. The molecule has 2 aromatic rings. The zero-order valence-electron chi connectivity index (χ0n) is 13.1. The molecule has 0 bridgehead atoms. The third kappa shape index (κ3) is 3.15. The Balaban J connectivity index is 1.82. The van der Waals surface area contributed by atoms with Crippen molar-refractivity contribution >= 4 is 23.2 Å². The molecule has 23 heavy (non-hydrogen) atoms. The van der Waals surface area contributed by atoms with Gasteiger partial charge in [-0.2, -0.15) is 5.10 Å². The number of benzene rings is 1. The fourth-order valence-electron chi connectivity index (χ4n) is 2.77. The Morgan fingerprint density at radius 3 is 2.87 bits per heavy atom. The standard InChI is InChI=1S/C17H18ClN3O2/c1-10-8-13(6-7-14(10)18)19-17(23)11(2)21-16(22)9-12-4-3-5-15(12)20-21/h6-9,11H,3-5H2,1-2H3,(H,19,23). The SMILES string of the molecule is Cc1cc(NC(=O)C(C)n2nc3c(cc2=O)CCC3)ccc1Cl. The Bertz CT molecular complexity index is 829. The van der Waals surface area contributed by atoms with E-state index in [0.29, 0.717) is 10.7 Å². The van der Waals surface area contributed by atoms with E-state index in [0.717, 1.165) is 36.1 Å². The molecule has 1 aliphatic carbocycles. The molecule has 1 N–H and O–H groups in total. The van der Waals surface area contributed by atoms with Gasteiger partial charge in [-0.3, -0.25) is 9.59 Å². The van der Waals surface area contributed by atoms with Crippen LogP contribution < -0.4 is 10.9 Å². The first-order valence-corrected chi connectivity index (χ1v) is 8.02. The van der Waals surface area contributed by atoms with Gasteiger partial charge in [0.25, 0.3) is 5.56 Å². The highest BCUT2D eigenvalue weighted by Gasteiger charge is 2.21. The van der Waals surface area contributed by atoms with Crippen LogP contribution in [0.15, 0.2) is 29.1 Å². The average Bonchev–Trinajstić information content (AvgIpc) is 2.96.